The molecule has 106 valence electrons. The number of aromatic nitrogens is 1. The summed E-state index contributed by atoms with van der Waals surface area (Å²) in [6.45, 7) is 7.03. The van der Waals surface area contributed by atoms with Crippen molar-refractivity contribution in [1.82, 2.24) is 10.3 Å². The molecule has 1 fully saturated rings. The largest absolute Gasteiger partial charge is 0.461 e. The van der Waals surface area contributed by atoms with Gasteiger partial charge < -0.3 is 19.4 Å². The molecule has 1 aliphatic rings. The van der Waals surface area contributed by atoms with Crippen molar-refractivity contribution in [2.45, 2.75) is 32.7 Å². The Bertz CT molecular complexity index is 413. The number of oxazole rings is 1. The Morgan fingerprint density at radius 2 is 2.47 bits per heavy atom. The summed E-state index contributed by atoms with van der Waals surface area (Å²) in [5, 5.41) is 3.33. The second kappa shape index (κ2) is 6.56. The molecule has 0 amide bonds. The Hall–Kier alpha value is -1.56. The second-order valence-electron chi connectivity index (χ2n) is 4.58. The van der Waals surface area contributed by atoms with E-state index in [0.717, 1.165) is 32.5 Å². The van der Waals surface area contributed by atoms with Crippen molar-refractivity contribution in [2.24, 2.45) is 0 Å². The van der Waals surface area contributed by atoms with Crippen molar-refractivity contribution >= 4 is 12.0 Å². The summed E-state index contributed by atoms with van der Waals surface area (Å²) in [6, 6.07) is 0.896. The highest BCUT2D eigenvalue weighted by atomic mass is 16.5. The predicted molar refractivity (Wildman–Crippen MR) is 71.4 cm³/mol. The molecule has 1 unspecified atom stereocenters. The summed E-state index contributed by atoms with van der Waals surface area (Å²) in [4.78, 5) is 18.0. The normalized spacial score (nSPS) is 18.5. The predicted octanol–water partition coefficient (Wildman–Crippen LogP) is 1.43. The lowest BCUT2D eigenvalue weighted by atomic mass is 10.2. The lowest BCUT2D eigenvalue weighted by molar-refractivity contribution is 0.0519. The smallest absolute Gasteiger partial charge is 0.360 e. The van der Waals surface area contributed by atoms with Crippen molar-refractivity contribution in [3.8, 4) is 0 Å². The van der Waals surface area contributed by atoms with Crippen molar-refractivity contribution in [2.75, 3.05) is 31.1 Å². The van der Waals surface area contributed by atoms with Crippen LogP contribution in [0.5, 0.6) is 0 Å². The van der Waals surface area contributed by atoms with E-state index in [2.05, 4.69) is 22.1 Å². The molecule has 1 aromatic rings. The molecule has 6 nitrogen and oxygen atoms in total. The Morgan fingerprint density at radius 3 is 3.11 bits per heavy atom. The first-order valence-electron chi connectivity index (χ1n) is 6.86. The molecular formula is C13H21N3O3. The number of ether oxygens (including phenoxy) is 1. The van der Waals surface area contributed by atoms with Gasteiger partial charge in [0.25, 0.3) is 6.01 Å². The average molecular weight is 267 g/mol. The Morgan fingerprint density at radius 1 is 1.63 bits per heavy atom. The fourth-order valence-corrected chi connectivity index (χ4v) is 2.28. The van der Waals surface area contributed by atoms with Crippen LogP contribution in [-0.2, 0) is 4.74 Å². The van der Waals surface area contributed by atoms with Crippen LogP contribution in [0.3, 0.4) is 0 Å². The molecule has 1 aromatic heterocycles. The number of rotatable bonds is 6. The van der Waals surface area contributed by atoms with Crippen molar-refractivity contribution in [3.63, 3.8) is 0 Å². The standard InChI is InChI=1S/C13H21N3O3/c1-3-7-16(10-5-6-14-8-10)13-15-11(9-19-13)12(17)18-4-2/h9-10,14H,3-8H2,1-2H3. The van der Waals surface area contributed by atoms with E-state index in [1.54, 1.807) is 6.92 Å². The van der Waals surface area contributed by atoms with Gasteiger partial charge in [-0.25, -0.2) is 4.79 Å². The average Bonchev–Trinajstić information content (AvgIpc) is 3.08. The second-order valence-corrected chi connectivity index (χ2v) is 4.58. The van der Waals surface area contributed by atoms with Gasteiger partial charge in [0.1, 0.15) is 6.26 Å². The van der Waals surface area contributed by atoms with Gasteiger partial charge in [-0.15, -0.1) is 0 Å². The van der Waals surface area contributed by atoms with E-state index in [1.807, 2.05) is 0 Å². The molecular weight excluding hydrogens is 246 g/mol. The summed E-state index contributed by atoms with van der Waals surface area (Å²) in [5.41, 5.74) is 0.240. The molecule has 1 N–H and O–H groups in total. The molecule has 0 spiro atoms. The summed E-state index contributed by atoms with van der Waals surface area (Å²) in [6.07, 6.45) is 3.45. The van der Waals surface area contributed by atoms with Crippen molar-refractivity contribution < 1.29 is 13.9 Å². The van der Waals surface area contributed by atoms with Gasteiger partial charge in [0.2, 0.25) is 0 Å². The van der Waals surface area contributed by atoms with Crippen LogP contribution in [0.4, 0.5) is 6.01 Å². The molecule has 0 saturated carbocycles. The number of carbonyl (C=O) groups is 1. The minimum absolute atomic E-state index is 0.240. The maximum atomic E-state index is 11.6. The third-order valence-electron chi connectivity index (χ3n) is 3.16. The van der Waals surface area contributed by atoms with Gasteiger partial charge in [0, 0.05) is 19.1 Å². The van der Waals surface area contributed by atoms with Crippen LogP contribution >= 0.6 is 0 Å². The highest BCUT2D eigenvalue weighted by Gasteiger charge is 2.26. The van der Waals surface area contributed by atoms with Gasteiger partial charge >= 0.3 is 5.97 Å². The highest BCUT2D eigenvalue weighted by molar-refractivity contribution is 5.87. The summed E-state index contributed by atoms with van der Waals surface area (Å²) >= 11 is 0. The van der Waals surface area contributed by atoms with Gasteiger partial charge in [0.15, 0.2) is 5.69 Å². The van der Waals surface area contributed by atoms with Gasteiger partial charge in [-0.2, -0.15) is 4.98 Å². The zero-order valence-corrected chi connectivity index (χ0v) is 11.5. The minimum atomic E-state index is -0.432. The van der Waals surface area contributed by atoms with Gasteiger partial charge in [0.05, 0.1) is 6.61 Å². The van der Waals surface area contributed by atoms with Crippen LogP contribution in [-0.4, -0.2) is 43.2 Å². The van der Waals surface area contributed by atoms with Crippen LogP contribution in [0.2, 0.25) is 0 Å². The van der Waals surface area contributed by atoms with Gasteiger partial charge in [-0.05, 0) is 26.3 Å². The molecule has 2 rings (SSSR count). The van der Waals surface area contributed by atoms with E-state index in [-0.39, 0.29) is 5.69 Å². The molecule has 0 bridgehead atoms. The Labute approximate surface area is 113 Å². The zero-order chi connectivity index (χ0) is 13.7. The van der Waals surface area contributed by atoms with E-state index >= 15 is 0 Å². The topological polar surface area (TPSA) is 67.6 Å². The third-order valence-corrected chi connectivity index (χ3v) is 3.16. The van der Waals surface area contributed by atoms with Crippen LogP contribution in [0.25, 0.3) is 0 Å². The zero-order valence-electron chi connectivity index (χ0n) is 11.5. The van der Waals surface area contributed by atoms with E-state index in [0.29, 0.717) is 18.7 Å². The molecule has 6 heteroatoms. The first kappa shape index (κ1) is 13.9. The van der Waals surface area contributed by atoms with Crippen LogP contribution in [0, 0.1) is 0 Å². The van der Waals surface area contributed by atoms with Crippen LogP contribution < -0.4 is 10.2 Å². The van der Waals surface area contributed by atoms with Crippen molar-refractivity contribution in [3.05, 3.63) is 12.0 Å². The Kier molecular flexibility index (Phi) is 4.79. The maximum Gasteiger partial charge on any atom is 0.360 e. The van der Waals surface area contributed by atoms with Gasteiger partial charge in [-0.1, -0.05) is 6.92 Å². The Balaban J connectivity index is 2.10. The molecule has 0 radical (unpaired) electrons. The lowest BCUT2D eigenvalue weighted by Crippen LogP contribution is -2.37. The SMILES string of the molecule is CCCN(c1nc(C(=O)OCC)co1)C1CCNC1. The summed E-state index contributed by atoms with van der Waals surface area (Å²) in [7, 11) is 0. The third kappa shape index (κ3) is 3.26. The number of anilines is 1. The monoisotopic (exact) mass is 267 g/mol. The van der Waals surface area contributed by atoms with E-state index in [1.165, 1.54) is 6.26 Å². The molecule has 1 atom stereocenters. The molecule has 2 heterocycles. The molecule has 1 aliphatic heterocycles. The first-order valence-corrected chi connectivity index (χ1v) is 6.86. The molecule has 1 saturated heterocycles. The number of esters is 1. The number of carbonyl (C=O) groups excluding carboxylic acids is 1. The van der Waals surface area contributed by atoms with E-state index < -0.39 is 5.97 Å². The fourth-order valence-electron chi connectivity index (χ4n) is 2.28. The van der Waals surface area contributed by atoms with Gasteiger partial charge in [-0.3, -0.25) is 0 Å². The number of hydrogen-bond acceptors (Lipinski definition) is 6. The van der Waals surface area contributed by atoms with Crippen LogP contribution in [0.15, 0.2) is 10.7 Å². The quantitative estimate of drug-likeness (QED) is 0.786. The maximum absolute atomic E-state index is 11.6. The van der Waals surface area contributed by atoms with Crippen LogP contribution in [0.1, 0.15) is 37.2 Å². The first-order chi connectivity index (χ1) is 9.26. The summed E-state index contributed by atoms with van der Waals surface area (Å²) in [5.74, 6) is -0.432. The summed E-state index contributed by atoms with van der Waals surface area (Å²) < 4.78 is 10.4. The minimum Gasteiger partial charge on any atom is -0.461 e. The molecule has 19 heavy (non-hydrogen) atoms. The van der Waals surface area contributed by atoms with E-state index in [4.69, 9.17) is 9.15 Å². The highest BCUT2D eigenvalue weighted by Crippen LogP contribution is 2.20. The number of nitrogens with zero attached hydrogens (tertiary/aromatic N) is 2. The van der Waals surface area contributed by atoms with Crippen molar-refractivity contribution in [1.29, 1.82) is 0 Å². The van der Waals surface area contributed by atoms with E-state index in [9.17, 15) is 4.79 Å². The fraction of sp³-hybridized carbons (Fsp3) is 0.692. The molecule has 0 aliphatic carbocycles. The number of hydrogen-bond donors (Lipinski definition) is 1. The molecule has 0 aromatic carbocycles. The number of nitrogens with one attached hydrogen (secondary N) is 1. The lowest BCUT2D eigenvalue weighted by Gasteiger charge is -2.26.